The number of hydrogen-bond acceptors (Lipinski definition) is 5. The van der Waals surface area contributed by atoms with E-state index in [1.54, 1.807) is 0 Å². The summed E-state index contributed by atoms with van der Waals surface area (Å²) in [5, 5.41) is 13.3. The van der Waals surface area contributed by atoms with Crippen molar-refractivity contribution in [3.8, 4) is 0 Å². The number of carbonyl (C=O) groups is 1. The molecule has 0 aromatic heterocycles. The Kier molecular flexibility index (Phi) is 7.64. The molecule has 0 spiro atoms. The van der Waals surface area contributed by atoms with Gasteiger partial charge in [-0.25, -0.2) is 0 Å². The molecule has 0 bridgehead atoms. The third-order valence-corrected chi connectivity index (χ3v) is 3.50. The van der Waals surface area contributed by atoms with E-state index >= 15 is 0 Å². The molecule has 122 valence electrons. The molecule has 21 heavy (non-hydrogen) atoms. The number of carbonyl (C=O) groups excluding carboxylic acids is 1. The van der Waals surface area contributed by atoms with E-state index in [0.717, 1.165) is 32.4 Å². The van der Waals surface area contributed by atoms with Crippen molar-refractivity contribution >= 4 is 5.91 Å². The van der Waals surface area contributed by atoms with Gasteiger partial charge in [-0.3, -0.25) is 9.80 Å². The number of hydrogen-bond donors (Lipinski definition) is 2. The van der Waals surface area contributed by atoms with Crippen LogP contribution in [0.3, 0.4) is 0 Å². The molecule has 0 radical (unpaired) electrons. The summed E-state index contributed by atoms with van der Waals surface area (Å²) in [6.45, 7) is 9.74. The van der Waals surface area contributed by atoms with Crippen molar-refractivity contribution in [2.45, 2.75) is 58.9 Å². The van der Waals surface area contributed by atoms with Crippen LogP contribution in [0.1, 0.15) is 52.9 Å². The lowest BCUT2D eigenvalue weighted by Crippen LogP contribution is -2.34. The highest BCUT2D eigenvalue weighted by molar-refractivity contribution is 5.75. The predicted octanol–water partition coefficient (Wildman–Crippen LogP) is 2.11. The molecule has 0 aromatic rings. The van der Waals surface area contributed by atoms with E-state index < -0.39 is 0 Å². The number of nitrogens with one attached hydrogen (secondary N) is 1. The lowest BCUT2D eigenvalue weighted by atomic mass is 9.90. The van der Waals surface area contributed by atoms with Gasteiger partial charge < -0.3 is 11.1 Å². The molecule has 0 saturated carbocycles. The van der Waals surface area contributed by atoms with Gasteiger partial charge in [-0.2, -0.15) is 5.11 Å². The first-order valence-corrected chi connectivity index (χ1v) is 8.03. The SMILES string of the molecule is CC(C)(C)CCCN1CC(CNC(=O)CCCCN)N=N1. The van der Waals surface area contributed by atoms with Crippen LogP contribution >= 0.6 is 0 Å². The van der Waals surface area contributed by atoms with Crippen LogP contribution in [0.5, 0.6) is 0 Å². The van der Waals surface area contributed by atoms with Gasteiger partial charge in [0.05, 0.1) is 6.54 Å². The van der Waals surface area contributed by atoms with E-state index in [2.05, 4.69) is 36.4 Å². The summed E-state index contributed by atoms with van der Waals surface area (Å²) < 4.78 is 0. The number of amides is 1. The monoisotopic (exact) mass is 297 g/mol. The van der Waals surface area contributed by atoms with E-state index in [1.807, 2.05) is 5.01 Å². The fraction of sp³-hybridized carbons (Fsp3) is 0.933. The Morgan fingerprint density at radius 3 is 2.76 bits per heavy atom. The summed E-state index contributed by atoms with van der Waals surface area (Å²) >= 11 is 0. The molecule has 0 aliphatic carbocycles. The van der Waals surface area contributed by atoms with Gasteiger partial charge in [0, 0.05) is 19.5 Å². The zero-order valence-electron chi connectivity index (χ0n) is 13.8. The molecule has 6 heteroatoms. The van der Waals surface area contributed by atoms with Gasteiger partial charge in [-0.05, 0) is 37.6 Å². The smallest absolute Gasteiger partial charge is 0.220 e. The van der Waals surface area contributed by atoms with Gasteiger partial charge in [0.1, 0.15) is 6.04 Å². The molecule has 0 aromatic carbocycles. The Balaban J connectivity index is 2.09. The van der Waals surface area contributed by atoms with E-state index in [9.17, 15) is 4.79 Å². The van der Waals surface area contributed by atoms with Crippen LogP contribution in [0.2, 0.25) is 0 Å². The van der Waals surface area contributed by atoms with Gasteiger partial charge in [-0.1, -0.05) is 26.0 Å². The van der Waals surface area contributed by atoms with Crippen LogP contribution in [0.25, 0.3) is 0 Å². The van der Waals surface area contributed by atoms with Crippen molar-refractivity contribution in [3.63, 3.8) is 0 Å². The maximum atomic E-state index is 11.6. The van der Waals surface area contributed by atoms with Gasteiger partial charge >= 0.3 is 0 Å². The summed E-state index contributed by atoms with van der Waals surface area (Å²) in [5.41, 5.74) is 5.77. The quantitative estimate of drug-likeness (QED) is 0.639. The highest BCUT2D eigenvalue weighted by atomic mass is 16.1. The Bertz CT molecular complexity index is 337. The molecule has 0 saturated heterocycles. The minimum atomic E-state index is 0.0878. The van der Waals surface area contributed by atoms with E-state index in [1.165, 1.54) is 6.42 Å². The first-order chi connectivity index (χ1) is 9.90. The molecule has 3 N–H and O–H groups in total. The fourth-order valence-corrected chi connectivity index (χ4v) is 2.25. The fourth-order valence-electron chi connectivity index (χ4n) is 2.25. The first kappa shape index (κ1) is 17.9. The Morgan fingerprint density at radius 2 is 2.10 bits per heavy atom. The lowest BCUT2D eigenvalue weighted by Gasteiger charge is -2.20. The highest BCUT2D eigenvalue weighted by Gasteiger charge is 2.20. The topological polar surface area (TPSA) is 83.1 Å². The Morgan fingerprint density at radius 1 is 1.33 bits per heavy atom. The van der Waals surface area contributed by atoms with Crippen molar-refractivity contribution in [2.75, 3.05) is 26.2 Å². The normalized spacial score (nSPS) is 18.3. The molecule has 1 unspecified atom stereocenters. The summed E-state index contributed by atoms with van der Waals surface area (Å²) in [6, 6.07) is 0.0955. The van der Waals surface area contributed by atoms with Crippen LogP contribution in [0.15, 0.2) is 10.3 Å². The zero-order valence-corrected chi connectivity index (χ0v) is 13.8. The highest BCUT2D eigenvalue weighted by Crippen LogP contribution is 2.21. The minimum absolute atomic E-state index is 0.0878. The third kappa shape index (κ3) is 8.65. The maximum Gasteiger partial charge on any atom is 0.220 e. The first-order valence-electron chi connectivity index (χ1n) is 8.03. The van der Waals surface area contributed by atoms with Crippen molar-refractivity contribution in [1.29, 1.82) is 0 Å². The van der Waals surface area contributed by atoms with Crippen molar-refractivity contribution < 1.29 is 4.79 Å². The lowest BCUT2D eigenvalue weighted by molar-refractivity contribution is -0.121. The number of unbranched alkanes of at least 4 members (excludes halogenated alkanes) is 1. The van der Waals surface area contributed by atoms with E-state index in [-0.39, 0.29) is 11.9 Å². The van der Waals surface area contributed by atoms with Crippen LogP contribution in [0, 0.1) is 5.41 Å². The molecular weight excluding hydrogens is 266 g/mol. The second-order valence-corrected chi connectivity index (χ2v) is 6.99. The molecule has 1 aliphatic rings. The van der Waals surface area contributed by atoms with Gasteiger partial charge in [0.2, 0.25) is 5.91 Å². The minimum Gasteiger partial charge on any atom is -0.354 e. The van der Waals surface area contributed by atoms with E-state index in [4.69, 9.17) is 5.73 Å². The second kappa shape index (κ2) is 8.97. The Hall–Kier alpha value is -1.17. The zero-order chi connectivity index (χ0) is 15.7. The molecule has 1 aliphatic heterocycles. The predicted molar refractivity (Wildman–Crippen MR) is 84.8 cm³/mol. The van der Waals surface area contributed by atoms with Gasteiger partial charge in [0.25, 0.3) is 0 Å². The molecule has 6 nitrogen and oxygen atoms in total. The van der Waals surface area contributed by atoms with Crippen molar-refractivity contribution in [3.05, 3.63) is 0 Å². The largest absolute Gasteiger partial charge is 0.354 e. The molecule has 1 atom stereocenters. The number of nitrogens with zero attached hydrogens (tertiary/aromatic N) is 3. The summed E-state index contributed by atoms with van der Waals surface area (Å²) in [7, 11) is 0. The molecule has 1 amide bonds. The average molecular weight is 297 g/mol. The maximum absolute atomic E-state index is 11.6. The van der Waals surface area contributed by atoms with Gasteiger partial charge in [-0.15, -0.1) is 0 Å². The summed E-state index contributed by atoms with van der Waals surface area (Å²) in [6.07, 6.45) is 4.62. The Labute approximate surface area is 128 Å². The summed E-state index contributed by atoms with van der Waals surface area (Å²) in [4.78, 5) is 11.6. The second-order valence-electron chi connectivity index (χ2n) is 6.99. The van der Waals surface area contributed by atoms with Gasteiger partial charge in [0.15, 0.2) is 0 Å². The van der Waals surface area contributed by atoms with E-state index in [0.29, 0.717) is 24.9 Å². The van der Waals surface area contributed by atoms with Crippen LogP contribution < -0.4 is 11.1 Å². The standard InChI is InChI=1S/C15H31N5O/c1-15(2,3)8-6-10-20-12-13(18-19-20)11-17-14(21)7-4-5-9-16/h13H,4-12,16H2,1-3H3,(H,17,21). The van der Waals surface area contributed by atoms with Crippen LogP contribution in [-0.2, 0) is 4.79 Å². The average Bonchev–Trinajstić information content (AvgIpc) is 2.83. The number of rotatable bonds is 9. The molecule has 1 heterocycles. The van der Waals surface area contributed by atoms with Crippen molar-refractivity contribution in [2.24, 2.45) is 21.5 Å². The van der Waals surface area contributed by atoms with Crippen LogP contribution in [0.4, 0.5) is 0 Å². The third-order valence-electron chi connectivity index (χ3n) is 3.50. The molecule has 0 fully saturated rings. The number of nitrogens with two attached hydrogens (primary N) is 1. The van der Waals surface area contributed by atoms with Crippen LogP contribution in [-0.4, -0.2) is 43.1 Å². The molecule has 1 rings (SSSR count). The van der Waals surface area contributed by atoms with Crippen molar-refractivity contribution in [1.82, 2.24) is 10.3 Å². The molecular formula is C15H31N5O. The summed E-state index contributed by atoms with van der Waals surface area (Å²) in [5.74, 6) is 0.0878.